The molecule has 92 valence electrons. The molecule has 2 saturated carbocycles. The molecule has 0 spiro atoms. The normalized spacial score (nSPS) is 21.3. The molecule has 0 aliphatic heterocycles. The first-order chi connectivity index (χ1) is 8.24. The Hall–Kier alpha value is -1.09. The van der Waals surface area contributed by atoms with Crippen LogP contribution in [0.15, 0.2) is 18.3 Å². The zero-order valence-electron chi connectivity index (χ0n) is 10.5. The zero-order chi connectivity index (χ0) is 11.8. The van der Waals surface area contributed by atoms with Crippen LogP contribution in [0.2, 0.25) is 0 Å². The van der Waals surface area contributed by atoms with E-state index in [1.807, 2.05) is 13.1 Å². The van der Waals surface area contributed by atoms with Crippen molar-refractivity contribution < 1.29 is 0 Å². The highest BCUT2D eigenvalue weighted by molar-refractivity contribution is 5.47. The van der Waals surface area contributed by atoms with E-state index in [9.17, 15) is 0 Å². The van der Waals surface area contributed by atoms with Crippen LogP contribution < -0.4 is 10.6 Å². The standard InChI is InChI=1S/C14H21N3/c1-10(15)14-7-6-13(8-16-14)17(12-4-5-12)9-11-2-3-11/h6-8,10-12H,2-5,9,15H2,1H3/t10-/m1/s1. The number of aromatic nitrogens is 1. The average molecular weight is 231 g/mol. The third kappa shape index (κ3) is 2.60. The summed E-state index contributed by atoms with van der Waals surface area (Å²) in [7, 11) is 0. The molecule has 2 aliphatic carbocycles. The highest BCUT2D eigenvalue weighted by atomic mass is 15.2. The molecule has 0 aromatic carbocycles. The van der Waals surface area contributed by atoms with Gasteiger partial charge in [-0.2, -0.15) is 0 Å². The molecule has 0 amide bonds. The van der Waals surface area contributed by atoms with E-state index in [0.717, 1.165) is 17.7 Å². The number of hydrogen-bond acceptors (Lipinski definition) is 3. The molecule has 2 aliphatic rings. The first-order valence-corrected chi connectivity index (χ1v) is 6.72. The van der Waals surface area contributed by atoms with Crippen molar-refractivity contribution in [3.63, 3.8) is 0 Å². The molecule has 2 fully saturated rings. The summed E-state index contributed by atoms with van der Waals surface area (Å²) in [5.74, 6) is 0.934. The third-order valence-corrected chi connectivity index (χ3v) is 3.71. The van der Waals surface area contributed by atoms with Crippen molar-refractivity contribution in [3.8, 4) is 0 Å². The number of anilines is 1. The Morgan fingerprint density at radius 1 is 1.35 bits per heavy atom. The molecule has 1 heterocycles. The van der Waals surface area contributed by atoms with Crippen molar-refractivity contribution in [3.05, 3.63) is 24.0 Å². The highest BCUT2D eigenvalue weighted by Gasteiger charge is 2.33. The van der Waals surface area contributed by atoms with Gasteiger partial charge in [-0.1, -0.05) is 0 Å². The molecule has 3 heteroatoms. The van der Waals surface area contributed by atoms with E-state index in [0.29, 0.717) is 0 Å². The van der Waals surface area contributed by atoms with E-state index in [-0.39, 0.29) is 6.04 Å². The number of rotatable bonds is 5. The van der Waals surface area contributed by atoms with Gasteiger partial charge in [-0.3, -0.25) is 4.98 Å². The molecular formula is C14H21N3. The highest BCUT2D eigenvalue weighted by Crippen LogP contribution is 2.37. The summed E-state index contributed by atoms with van der Waals surface area (Å²) in [5.41, 5.74) is 8.09. The lowest BCUT2D eigenvalue weighted by atomic mass is 10.2. The molecule has 1 atom stereocenters. The van der Waals surface area contributed by atoms with E-state index in [2.05, 4.69) is 22.0 Å². The maximum atomic E-state index is 5.83. The Morgan fingerprint density at radius 2 is 2.12 bits per heavy atom. The first-order valence-electron chi connectivity index (χ1n) is 6.72. The molecule has 1 aromatic rings. The monoisotopic (exact) mass is 231 g/mol. The predicted molar refractivity (Wildman–Crippen MR) is 69.9 cm³/mol. The van der Waals surface area contributed by atoms with Crippen molar-refractivity contribution in [1.82, 2.24) is 4.98 Å². The van der Waals surface area contributed by atoms with Gasteiger partial charge in [0.15, 0.2) is 0 Å². The second-order valence-electron chi connectivity index (χ2n) is 5.56. The van der Waals surface area contributed by atoms with Crippen LogP contribution in [-0.2, 0) is 0 Å². The quantitative estimate of drug-likeness (QED) is 0.846. The van der Waals surface area contributed by atoms with Gasteiger partial charge in [-0.05, 0) is 50.7 Å². The molecule has 17 heavy (non-hydrogen) atoms. The largest absolute Gasteiger partial charge is 0.367 e. The fourth-order valence-electron chi connectivity index (χ4n) is 2.27. The Morgan fingerprint density at radius 3 is 2.59 bits per heavy atom. The summed E-state index contributed by atoms with van der Waals surface area (Å²) in [6.07, 6.45) is 7.52. The van der Waals surface area contributed by atoms with Crippen LogP contribution in [0, 0.1) is 5.92 Å². The molecule has 0 saturated heterocycles. The lowest BCUT2D eigenvalue weighted by molar-refractivity contribution is 0.714. The molecule has 0 bridgehead atoms. The second kappa shape index (κ2) is 4.30. The lowest BCUT2D eigenvalue weighted by Crippen LogP contribution is -2.28. The van der Waals surface area contributed by atoms with E-state index < -0.39 is 0 Å². The first kappa shape index (κ1) is 11.0. The summed E-state index contributed by atoms with van der Waals surface area (Å²) in [4.78, 5) is 7.02. The maximum absolute atomic E-state index is 5.83. The summed E-state index contributed by atoms with van der Waals surface area (Å²) < 4.78 is 0. The minimum Gasteiger partial charge on any atom is -0.367 e. The second-order valence-corrected chi connectivity index (χ2v) is 5.56. The van der Waals surface area contributed by atoms with Crippen LogP contribution in [0.1, 0.15) is 44.3 Å². The number of hydrogen-bond donors (Lipinski definition) is 1. The van der Waals surface area contributed by atoms with Crippen molar-refractivity contribution in [1.29, 1.82) is 0 Å². The van der Waals surface area contributed by atoms with Crippen molar-refractivity contribution in [2.24, 2.45) is 11.7 Å². The summed E-state index contributed by atoms with van der Waals surface area (Å²) >= 11 is 0. The predicted octanol–water partition coefficient (Wildman–Crippen LogP) is 2.48. The molecular weight excluding hydrogens is 210 g/mol. The van der Waals surface area contributed by atoms with Gasteiger partial charge >= 0.3 is 0 Å². The lowest BCUT2D eigenvalue weighted by Gasteiger charge is -2.24. The van der Waals surface area contributed by atoms with E-state index in [1.54, 1.807) is 0 Å². The summed E-state index contributed by atoms with van der Waals surface area (Å²) in [6, 6.07) is 5.06. The minimum absolute atomic E-state index is 0.0295. The van der Waals surface area contributed by atoms with Crippen LogP contribution in [0.5, 0.6) is 0 Å². The fraction of sp³-hybridized carbons (Fsp3) is 0.643. The fourth-order valence-corrected chi connectivity index (χ4v) is 2.27. The van der Waals surface area contributed by atoms with Gasteiger partial charge in [0.05, 0.1) is 17.6 Å². The topological polar surface area (TPSA) is 42.1 Å². The van der Waals surface area contributed by atoms with Gasteiger partial charge in [0.25, 0.3) is 0 Å². The van der Waals surface area contributed by atoms with Gasteiger partial charge in [0, 0.05) is 18.6 Å². The summed E-state index contributed by atoms with van der Waals surface area (Å²) in [5, 5.41) is 0. The molecule has 0 radical (unpaired) electrons. The Kier molecular flexibility index (Phi) is 2.79. The smallest absolute Gasteiger partial charge is 0.0569 e. The third-order valence-electron chi connectivity index (χ3n) is 3.71. The van der Waals surface area contributed by atoms with Gasteiger partial charge in [0.1, 0.15) is 0 Å². The Labute approximate surface area is 103 Å². The SMILES string of the molecule is C[C@@H](N)c1ccc(N(CC2CC2)C2CC2)cn1. The van der Waals surface area contributed by atoms with Crippen LogP contribution in [0.4, 0.5) is 5.69 Å². The van der Waals surface area contributed by atoms with Crippen molar-refractivity contribution in [2.45, 2.75) is 44.7 Å². The molecule has 3 rings (SSSR count). The minimum atomic E-state index is 0.0295. The maximum Gasteiger partial charge on any atom is 0.0569 e. The van der Waals surface area contributed by atoms with Gasteiger partial charge in [-0.15, -0.1) is 0 Å². The number of pyridine rings is 1. The van der Waals surface area contributed by atoms with E-state index in [4.69, 9.17) is 5.73 Å². The molecule has 0 unspecified atom stereocenters. The van der Waals surface area contributed by atoms with Gasteiger partial charge in [-0.25, -0.2) is 0 Å². The van der Waals surface area contributed by atoms with E-state index >= 15 is 0 Å². The molecule has 1 aromatic heterocycles. The Bertz CT molecular complexity index is 377. The zero-order valence-corrected chi connectivity index (χ0v) is 10.5. The number of nitrogens with two attached hydrogens (primary N) is 1. The van der Waals surface area contributed by atoms with Crippen molar-refractivity contribution in [2.75, 3.05) is 11.4 Å². The van der Waals surface area contributed by atoms with Crippen molar-refractivity contribution >= 4 is 5.69 Å². The average Bonchev–Trinajstić information content (AvgIpc) is 3.18. The van der Waals surface area contributed by atoms with Crippen LogP contribution >= 0.6 is 0 Å². The van der Waals surface area contributed by atoms with Gasteiger partial charge in [0.2, 0.25) is 0 Å². The Balaban J connectivity index is 1.75. The van der Waals surface area contributed by atoms with Crippen LogP contribution in [0.25, 0.3) is 0 Å². The summed E-state index contributed by atoms with van der Waals surface area (Å²) in [6.45, 7) is 3.20. The van der Waals surface area contributed by atoms with Gasteiger partial charge < -0.3 is 10.6 Å². The number of nitrogens with zero attached hydrogens (tertiary/aromatic N) is 2. The van der Waals surface area contributed by atoms with Crippen LogP contribution in [-0.4, -0.2) is 17.6 Å². The van der Waals surface area contributed by atoms with E-state index in [1.165, 1.54) is 37.9 Å². The molecule has 3 nitrogen and oxygen atoms in total. The molecule has 2 N–H and O–H groups in total. The van der Waals surface area contributed by atoms with Crippen LogP contribution in [0.3, 0.4) is 0 Å².